The molecule has 0 unspecified atom stereocenters. The van der Waals surface area contributed by atoms with E-state index in [0.29, 0.717) is 30.5 Å². The molecule has 0 saturated heterocycles. The lowest BCUT2D eigenvalue weighted by Gasteiger charge is -1.98. The molecule has 1 rings (SSSR count). The van der Waals surface area contributed by atoms with E-state index in [1.807, 2.05) is 6.92 Å². The van der Waals surface area contributed by atoms with Gasteiger partial charge in [-0.25, -0.2) is 0 Å². The first-order valence-electron chi connectivity index (χ1n) is 4.82. The highest BCUT2D eigenvalue weighted by atomic mass is 16.6. The fourth-order valence-corrected chi connectivity index (χ4v) is 1.56. The summed E-state index contributed by atoms with van der Waals surface area (Å²) < 4.78 is 1.41. The highest BCUT2D eigenvalue weighted by Crippen LogP contribution is 2.24. The lowest BCUT2D eigenvalue weighted by molar-refractivity contribution is -0.386. The summed E-state index contributed by atoms with van der Waals surface area (Å²) in [7, 11) is 0. The van der Waals surface area contributed by atoms with E-state index in [1.54, 1.807) is 6.92 Å². The van der Waals surface area contributed by atoms with Crippen LogP contribution in [0.15, 0.2) is 0 Å². The fraction of sp³-hybridized carbons (Fsp3) is 0.556. The zero-order chi connectivity index (χ0) is 11.4. The van der Waals surface area contributed by atoms with Gasteiger partial charge < -0.3 is 4.79 Å². The smallest absolute Gasteiger partial charge is 0.301 e. The first-order chi connectivity index (χ1) is 7.15. The van der Waals surface area contributed by atoms with Gasteiger partial charge in [0.25, 0.3) is 0 Å². The van der Waals surface area contributed by atoms with E-state index in [-0.39, 0.29) is 12.2 Å². The Kier molecular flexibility index (Phi) is 3.54. The first kappa shape index (κ1) is 11.4. The Morgan fingerprint density at radius 1 is 1.47 bits per heavy atom. The molecule has 1 aromatic rings. The number of nitrogens with zero attached hydrogens (tertiary/aromatic N) is 3. The third kappa shape index (κ3) is 2.03. The third-order valence-corrected chi connectivity index (χ3v) is 2.20. The number of aryl methyl sites for hydroxylation is 1. The van der Waals surface area contributed by atoms with Crippen molar-refractivity contribution in [2.75, 3.05) is 0 Å². The van der Waals surface area contributed by atoms with Crippen molar-refractivity contribution < 1.29 is 9.72 Å². The van der Waals surface area contributed by atoms with Gasteiger partial charge in [0.15, 0.2) is 0 Å². The molecule has 0 spiro atoms. The minimum absolute atomic E-state index is 0.0573. The van der Waals surface area contributed by atoms with Crippen LogP contribution >= 0.6 is 0 Å². The van der Waals surface area contributed by atoms with Gasteiger partial charge in [0.1, 0.15) is 17.7 Å². The zero-order valence-corrected chi connectivity index (χ0v) is 8.77. The van der Waals surface area contributed by atoms with E-state index < -0.39 is 4.92 Å². The molecule has 1 heterocycles. The predicted molar refractivity (Wildman–Crippen MR) is 53.7 cm³/mol. The molecular weight excluding hydrogens is 198 g/mol. The fourth-order valence-electron chi connectivity index (χ4n) is 1.56. The number of aromatic nitrogens is 2. The Morgan fingerprint density at radius 2 is 2.13 bits per heavy atom. The molecule has 0 saturated carbocycles. The second-order valence-electron chi connectivity index (χ2n) is 3.05. The molecule has 6 nitrogen and oxygen atoms in total. The van der Waals surface area contributed by atoms with Gasteiger partial charge in [-0.1, -0.05) is 13.8 Å². The molecule has 0 aliphatic heterocycles. The summed E-state index contributed by atoms with van der Waals surface area (Å²) in [6, 6.07) is 0. The molecule has 0 bridgehead atoms. The topological polar surface area (TPSA) is 78.0 Å². The minimum atomic E-state index is -0.425. The number of hydrogen-bond acceptors (Lipinski definition) is 4. The number of aldehydes is 1. The van der Waals surface area contributed by atoms with Crippen LogP contribution < -0.4 is 0 Å². The summed E-state index contributed by atoms with van der Waals surface area (Å²) >= 11 is 0. The molecule has 6 heteroatoms. The molecule has 0 fully saturated rings. The Balaban J connectivity index is 3.31. The first-order valence-corrected chi connectivity index (χ1v) is 4.82. The van der Waals surface area contributed by atoms with Crippen LogP contribution in [-0.2, 0) is 24.2 Å². The third-order valence-electron chi connectivity index (χ3n) is 2.20. The van der Waals surface area contributed by atoms with E-state index in [4.69, 9.17) is 0 Å². The number of rotatable bonds is 5. The summed E-state index contributed by atoms with van der Waals surface area (Å²) in [6.45, 7) is 3.69. The predicted octanol–water partition coefficient (Wildman–Crippen LogP) is 1.11. The minimum Gasteiger partial charge on any atom is -0.301 e. The van der Waals surface area contributed by atoms with E-state index >= 15 is 0 Å². The Labute approximate surface area is 87.0 Å². The lowest BCUT2D eigenvalue weighted by atomic mass is 10.2. The Morgan fingerprint density at radius 3 is 2.53 bits per heavy atom. The monoisotopic (exact) mass is 211 g/mol. The molecular formula is C9H13N3O3. The van der Waals surface area contributed by atoms with Crippen molar-refractivity contribution in [1.29, 1.82) is 0 Å². The normalized spacial score (nSPS) is 10.3. The van der Waals surface area contributed by atoms with Gasteiger partial charge in [0.05, 0.1) is 11.5 Å². The molecule has 1 aromatic heterocycles. The van der Waals surface area contributed by atoms with Crippen LogP contribution in [0.4, 0.5) is 5.69 Å². The largest absolute Gasteiger partial charge is 0.313 e. The van der Waals surface area contributed by atoms with Gasteiger partial charge in [-0.2, -0.15) is 5.10 Å². The maximum Gasteiger partial charge on any atom is 0.313 e. The molecule has 15 heavy (non-hydrogen) atoms. The Hall–Kier alpha value is -1.72. The number of hydrogen-bond donors (Lipinski definition) is 0. The van der Waals surface area contributed by atoms with Crippen molar-refractivity contribution in [1.82, 2.24) is 9.78 Å². The molecule has 0 radical (unpaired) electrons. The molecule has 0 aromatic carbocycles. The summed E-state index contributed by atoms with van der Waals surface area (Å²) in [5.41, 5.74) is 1.02. The van der Waals surface area contributed by atoms with Crippen LogP contribution in [0.2, 0.25) is 0 Å². The van der Waals surface area contributed by atoms with Crippen molar-refractivity contribution in [3.63, 3.8) is 0 Å². The highest BCUT2D eigenvalue weighted by molar-refractivity contribution is 5.51. The van der Waals surface area contributed by atoms with E-state index in [1.165, 1.54) is 4.68 Å². The van der Waals surface area contributed by atoms with E-state index in [9.17, 15) is 14.9 Å². The van der Waals surface area contributed by atoms with Gasteiger partial charge in [0, 0.05) is 0 Å². The van der Waals surface area contributed by atoms with E-state index in [2.05, 4.69) is 5.10 Å². The average Bonchev–Trinajstić information content (AvgIpc) is 2.56. The molecule has 0 amide bonds. The quantitative estimate of drug-likeness (QED) is 0.415. The summed E-state index contributed by atoms with van der Waals surface area (Å²) in [5.74, 6) is 0. The summed E-state index contributed by atoms with van der Waals surface area (Å²) in [6.07, 6.45) is 1.68. The lowest BCUT2D eigenvalue weighted by Crippen LogP contribution is -2.06. The summed E-state index contributed by atoms with van der Waals surface area (Å²) in [4.78, 5) is 20.8. The maximum atomic E-state index is 10.8. The second-order valence-corrected chi connectivity index (χ2v) is 3.05. The molecule has 0 aliphatic rings. The van der Waals surface area contributed by atoms with Crippen molar-refractivity contribution >= 4 is 12.0 Å². The van der Waals surface area contributed by atoms with E-state index in [0.717, 1.165) is 0 Å². The maximum absolute atomic E-state index is 10.8. The van der Waals surface area contributed by atoms with Gasteiger partial charge in [-0.15, -0.1) is 0 Å². The van der Waals surface area contributed by atoms with Crippen LogP contribution in [0, 0.1) is 10.1 Å². The van der Waals surface area contributed by atoms with Crippen molar-refractivity contribution in [2.24, 2.45) is 0 Å². The van der Waals surface area contributed by atoms with Crippen molar-refractivity contribution in [2.45, 2.75) is 33.2 Å². The van der Waals surface area contributed by atoms with Crippen LogP contribution in [-0.4, -0.2) is 21.0 Å². The molecule has 0 atom stereocenters. The van der Waals surface area contributed by atoms with Crippen LogP contribution in [0.25, 0.3) is 0 Å². The molecule has 0 N–H and O–H groups in total. The number of carbonyl (C=O) groups is 1. The Bertz CT molecular complexity index is 384. The SMILES string of the molecule is CCc1nn(CC=O)c(CC)c1[N+](=O)[O-]. The van der Waals surface area contributed by atoms with Gasteiger partial charge in [-0.05, 0) is 12.8 Å². The number of nitro groups is 1. The standard InChI is InChI=1S/C9H13N3O3/c1-3-7-9(12(14)15)8(4-2)11(10-7)5-6-13/h6H,3-5H2,1-2H3. The van der Waals surface area contributed by atoms with Gasteiger partial charge in [-0.3, -0.25) is 14.8 Å². The highest BCUT2D eigenvalue weighted by Gasteiger charge is 2.24. The van der Waals surface area contributed by atoms with Crippen LogP contribution in [0.3, 0.4) is 0 Å². The van der Waals surface area contributed by atoms with Crippen molar-refractivity contribution in [3.8, 4) is 0 Å². The summed E-state index contributed by atoms with van der Waals surface area (Å²) in [5, 5.41) is 14.9. The van der Waals surface area contributed by atoms with Crippen LogP contribution in [0.5, 0.6) is 0 Å². The molecule has 0 aliphatic carbocycles. The molecule has 82 valence electrons. The second kappa shape index (κ2) is 4.68. The van der Waals surface area contributed by atoms with Gasteiger partial charge in [0.2, 0.25) is 0 Å². The van der Waals surface area contributed by atoms with Crippen molar-refractivity contribution in [3.05, 3.63) is 21.5 Å². The number of carbonyl (C=O) groups excluding carboxylic acids is 1. The van der Waals surface area contributed by atoms with Gasteiger partial charge >= 0.3 is 5.69 Å². The average molecular weight is 211 g/mol. The van der Waals surface area contributed by atoms with Crippen LogP contribution in [0.1, 0.15) is 25.2 Å². The zero-order valence-electron chi connectivity index (χ0n) is 8.77.